The predicted molar refractivity (Wildman–Crippen MR) is 76.1 cm³/mol. The Hall–Kier alpha value is -2.69. The van der Waals surface area contributed by atoms with E-state index in [-0.39, 0.29) is 24.6 Å². The van der Waals surface area contributed by atoms with Crippen molar-refractivity contribution in [2.45, 2.75) is 13.8 Å². The summed E-state index contributed by atoms with van der Waals surface area (Å²) in [6, 6.07) is 0. The fraction of sp³-hybridized carbons (Fsp3) is 0.333. The van der Waals surface area contributed by atoms with E-state index in [0.29, 0.717) is 0 Å². The lowest BCUT2D eigenvalue weighted by Gasteiger charge is -2.04. The lowest BCUT2D eigenvalue weighted by Crippen LogP contribution is -2.19. The molecule has 10 nitrogen and oxygen atoms in total. The first-order chi connectivity index (χ1) is 10.9. The second-order valence-corrected chi connectivity index (χ2v) is 5.87. The highest BCUT2D eigenvalue weighted by atomic mass is 32.2. The standard InChI is InChI=1S/C12H14N4O6S/c1-3-21-11(17)9-5-15(7-13-9)23(19,20)16-6-10(14-8-16)12(18)22-4-2/h5-8H,3-4H2,1-2H3. The van der Waals surface area contributed by atoms with Crippen LogP contribution in [0, 0.1) is 0 Å². The van der Waals surface area contributed by atoms with Crippen LogP contribution in [0.4, 0.5) is 0 Å². The Morgan fingerprint density at radius 1 is 0.957 bits per heavy atom. The molecule has 0 aliphatic carbocycles. The van der Waals surface area contributed by atoms with Gasteiger partial charge in [-0.1, -0.05) is 0 Å². The predicted octanol–water partition coefficient (Wildman–Crippen LogP) is 0.0742. The van der Waals surface area contributed by atoms with Crippen molar-refractivity contribution in [2.24, 2.45) is 0 Å². The summed E-state index contributed by atoms with van der Waals surface area (Å²) < 4.78 is 35.6. The first kappa shape index (κ1) is 16.7. The van der Waals surface area contributed by atoms with Gasteiger partial charge >= 0.3 is 22.1 Å². The third-order valence-corrected chi connectivity index (χ3v) is 4.09. The smallest absolute Gasteiger partial charge is 0.358 e. The molecule has 0 amide bonds. The van der Waals surface area contributed by atoms with Crippen molar-refractivity contribution < 1.29 is 27.5 Å². The fourth-order valence-corrected chi connectivity index (χ4v) is 2.61. The number of hydrogen-bond donors (Lipinski definition) is 0. The molecule has 0 aliphatic heterocycles. The number of esters is 2. The molecule has 124 valence electrons. The minimum Gasteiger partial charge on any atom is -0.461 e. The number of imidazole rings is 2. The van der Waals surface area contributed by atoms with Gasteiger partial charge in [-0.15, -0.1) is 0 Å². The summed E-state index contributed by atoms with van der Waals surface area (Å²) in [5.74, 6) is -1.47. The zero-order chi connectivity index (χ0) is 17.0. The minimum absolute atomic E-state index is 0.142. The van der Waals surface area contributed by atoms with E-state index in [0.717, 1.165) is 33.0 Å². The molecule has 0 saturated carbocycles. The Morgan fingerprint density at radius 2 is 1.35 bits per heavy atom. The van der Waals surface area contributed by atoms with E-state index >= 15 is 0 Å². The van der Waals surface area contributed by atoms with Crippen LogP contribution >= 0.6 is 0 Å². The largest absolute Gasteiger partial charge is 0.461 e. The molecule has 2 heterocycles. The summed E-state index contributed by atoms with van der Waals surface area (Å²) >= 11 is 0. The highest BCUT2D eigenvalue weighted by Gasteiger charge is 2.21. The molecule has 2 aromatic heterocycles. The molecule has 23 heavy (non-hydrogen) atoms. The van der Waals surface area contributed by atoms with Gasteiger partial charge < -0.3 is 9.47 Å². The first-order valence-electron chi connectivity index (χ1n) is 6.58. The molecular formula is C12H14N4O6S. The third kappa shape index (κ3) is 3.39. The summed E-state index contributed by atoms with van der Waals surface area (Å²) in [5.41, 5.74) is -0.303. The van der Waals surface area contributed by atoms with Crippen molar-refractivity contribution in [1.82, 2.24) is 17.9 Å². The summed E-state index contributed by atoms with van der Waals surface area (Å²) in [6.45, 7) is 3.52. The van der Waals surface area contributed by atoms with Gasteiger partial charge in [0.2, 0.25) is 0 Å². The minimum atomic E-state index is -4.10. The van der Waals surface area contributed by atoms with E-state index in [9.17, 15) is 18.0 Å². The number of carbonyl (C=O) groups excluding carboxylic acids is 2. The van der Waals surface area contributed by atoms with Gasteiger partial charge in [0.05, 0.1) is 25.6 Å². The number of nitrogens with zero attached hydrogens (tertiary/aromatic N) is 4. The number of aromatic nitrogens is 4. The van der Waals surface area contributed by atoms with E-state index in [2.05, 4.69) is 9.97 Å². The molecule has 0 saturated heterocycles. The molecule has 0 aromatic carbocycles. The summed E-state index contributed by atoms with van der Waals surface area (Å²) in [4.78, 5) is 30.4. The van der Waals surface area contributed by atoms with Crippen LogP contribution < -0.4 is 0 Å². The highest BCUT2D eigenvalue weighted by molar-refractivity contribution is 7.88. The van der Waals surface area contributed by atoms with Gasteiger partial charge in [-0.05, 0) is 13.8 Å². The first-order valence-corrected chi connectivity index (χ1v) is 7.98. The molecular weight excluding hydrogens is 328 g/mol. The summed E-state index contributed by atoms with van der Waals surface area (Å²) in [5, 5.41) is 0. The summed E-state index contributed by atoms with van der Waals surface area (Å²) in [7, 11) is -4.10. The van der Waals surface area contributed by atoms with E-state index in [1.54, 1.807) is 13.8 Å². The van der Waals surface area contributed by atoms with Crippen LogP contribution in [0.2, 0.25) is 0 Å². The Labute approximate surface area is 131 Å². The van der Waals surface area contributed by atoms with Gasteiger partial charge in [0.25, 0.3) is 0 Å². The molecule has 11 heteroatoms. The van der Waals surface area contributed by atoms with Crippen molar-refractivity contribution in [3.05, 3.63) is 36.4 Å². The van der Waals surface area contributed by atoms with Gasteiger partial charge in [0.15, 0.2) is 11.4 Å². The third-order valence-electron chi connectivity index (χ3n) is 2.62. The molecule has 0 radical (unpaired) electrons. The number of carbonyl (C=O) groups is 2. The second-order valence-electron chi connectivity index (χ2n) is 4.13. The summed E-state index contributed by atoms with van der Waals surface area (Å²) in [6.07, 6.45) is 3.92. The maximum atomic E-state index is 12.4. The van der Waals surface area contributed by atoms with Crippen molar-refractivity contribution in [2.75, 3.05) is 13.2 Å². The second kappa shape index (κ2) is 6.60. The van der Waals surface area contributed by atoms with Gasteiger partial charge in [-0.3, -0.25) is 0 Å². The maximum absolute atomic E-state index is 12.4. The Balaban J connectivity index is 2.29. The van der Waals surface area contributed by atoms with Gasteiger partial charge in [-0.25, -0.2) is 27.5 Å². The van der Waals surface area contributed by atoms with Crippen molar-refractivity contribution in [3.63, 3.8) is 0 Å². The average molecular weight is 342 g/mol. The Morgan fingerprint density at radius 3 is 1.70 bits per heavy atom. The van der Waals surface area contributed by atoms with E-state index in [4.69, 9.17) is 9.47 Å². The molecule has 0 atom stereocenters. The molecule has 2 aromatic rings. The molecule has 0 unspecified atom stereocenters. The molecule has 2 rings (SSSR count). The van der Waals surface area contributed by atoms with Crippen molar-refractivity contribution in [3.8, 4) is 0 Å². The Bertz CT molecular complexity index is 760. The zero-order valence-electron chi connectivity index (χ0n) is 12.4. The molecule has 0 N–H and O–H groups in total. The van der Waals surface area contributed by atoms with Crippen molar-refractivity contribution >= 4 is 22.1 Å². The number of rotatable bonds is 6. The quantitative estimate of drug-likeness (QED) is 0.676. The normalized spacial score (nSPS) is 11.2. The lowest BCUT2D eigenvalue weighted by molar-refractivity contribution is 0.0510. The average Bonchev–Trinajstić information content (AvgIpc) is 3.18. The molecule has 0 spiro atoms. The van der Waals surface area contributed by atoms with Gasteiger partial charge in [-0.2, -0.15) is 8.42 Å². The SMILES string of the molecule is CCOC(=O)c1cn(S(=O)(=O)n2cnc(C(=O)OCC)c2)cn1. The highest BCUT2D eigenvalue weighted by Crippen LogP contribution is 2.08. The van der Waals surface area contributed by atoms with E-state index < -0.39 is 22.1 Å². The van der Waals surface area contributed by atoms with Crippen LogP contribution in [0.1, 0.15) is 34.8 Å². The van der Waals surface area contributed by atoms with Crippen LogP contribution in [-0.2, 0) is 19.7 Å². The molecule has 0 bridgehead atoms. The van der Waals surface area contributed by atoms with Crippen LogP contribution in [0.3, 0.4) is 0 Å². The monoisotopic (exact) mass is 342 g/mol. The van der Waals surface area contributed by atoms with Crippen LogP contribution in [0.25, 0.3) is 0 Å². The lowest BCUT2D eigenvalue weighted by atomic mass is 10.5. The van der Waals surface area contributed by atoms with Crippen LogP contribution in [0.15, 0.2) is 25.0 Å². The van der Waals surface area contributed by atoms with Crippen molar-refractivity contribution in [1.29, 1.82) is 0 Å². The molecule has 0 fully saturated rings. The van der Waals surface area contributed by atoms with Gasteiger partial charge in [0, 0.05) is 0 Å². The van der Waals surface area contributed by atoms with Gasteiger partial charge in [0.1, 0.15) is 12.7 Å². The maximum Gasteiger partial charge on any atom is 0.358 e. The fourth-order valence-electron chi connectivity index (χ4n) is 1.59. The number of ether oxygens (including phenoxy) is 2. The van der Waals surface area contributed by atoms with Crippen LogP contribution in [0.5, 0.6) is 0 Å². The Kier molecular flexibility index (Phi) is 4.79. The van der Waals surface area contributed by atoms with E-state index in [1.165, 1.54) is 0 Å². The zero-order valence-corrected chi connectivity index (χ0v) is 13.2. The topological polar surface area (TPSA) is 122 Å². The van der Waals surface area contributed by atoms with E-state index in [1.807, 2.05) is 0 Å². The molecule has 0 aliphatic rings. The van der Waals surface area contributed by atoms with Crippen LogP contribution in [-0.4, -0.2) is 51.5 Å². The number of hydrogen-bond acceptors (Lipinski definition) is 8.